The second-order valence-electron chi connectivity index (χ2n) is 7.05. The summed E-state index contributed by atoms with van der Waals surface area (Å²) < 4.78 is 41.8. The Kier molecular flexibility index (Phi) is 5.26. The van der Waals surface area contributed by atoms with E-state index >= 15 is 0 Å². The summed E-state index contributed by atoms with van der Waals surface area (Å²) in [6.45, 7) is 0. The number of nitrogens with zero attached hydrogens (tertiary/aromatic N) is 2. The van der Waals surface area contributed by atoms with Gasteiger partial charge >= 0.3 is 6.03 Å². The molecule has 0 spiro atoms. The van der Waals surface area contributed by atoms with Gasteiger partial charge in [-0.1, -0.05) is 12.1 Å². The Morgan fingerprint density at radius 3 is 2.80 bits per heavy atom. The Morgan fingerprint density at radius 2 is 2.00 bits per heavy atom. The van der Waals surface area contributed by atoms with Gasteiger partial charge in [-0.2, -0.15) is 9.78 Å². The smallest absolute Gasteiger partial charge is 0.324 e. The van der Waals surface area contributed by atoms with Gasteiger partial charge in [-0.05, 0) is 47.7 Å². The summed E-state index contributed by atoms with van der Waals surface area (Å²) in [5.41, 5.74) is 1.67. The number of carbonyl (C=O) groups excluding carboxylic acids is 2. The van der Waals surface area contributed by atoms with Crippen LogP contribution in [0.1, 0.15) is 23.1 Å². The highest BCUT2D eigenvalue weighted by molar-refractivity contribution is 5.98. The summed E-state index contributed by atoms with van der Waals surface area (Å²) in [6.07, 6.45) is 3.72. The summed E-state index contributed by atoms with van der Waals surface area (Å²) >= 11 is 0. The monoisotopic (exact) mass is 414 g/mol. The number of aryl methyl sites for hydroxylation is 1. The van der Waals surface area contributed by atoms with Gasteiger partial charge in [0.1, 0.15) is 23.5 Å². The fourth-order valence-electron chi connectivity index (χ4n) is 3.40. The Hall–Kier alpha value is -3.62. The maximum Gasteiger partial charge on any atom is 0.342 e. The van der Waals surface area contributed by atoms with Crippen molar-refractivity contribution in [1.29, 1.82) is 0 Å². The Balaban J connectivity index is 1.43. The Morgan fingerprint density at radius 1 is 1.17 bits per heavy atom. The highest BCUT2D eigenvalue weighted by Crippen LogP contribution is 2.26. The largest absolute Gasteiger partial charge is 0.342 e. The van der Waals surface area contributed by atoms with E-state index < -0.39 is 29.6 Å². The zero-order valence-corrected chi connectivity index (χ0v) is 15.7. The fourth-order valence-corrected chi connectivity index (χ4v) is 3.40. The van der Waals surface area contributed by atoms with E-state index in [0.717, 1.165) is 16.3 Å². The first-order valence-corrected chi connectivity index (χ1v) is 9.26. The van der Waals surface area contributed by atoms with E-state index in [-0.39, 0.29) is 24.3 Å². The van der Waals surface area contributed by atoms with Gasteiger partial charge in [-0.25, -0.2) is 18.0 Å². The van der Waals surface area contributed by atoms with Crippen LogP contribution in [0.5, 0.6) is 0 Å². The van der Waals surface area contributed by atoms with Crippen LogP contribution in [0, 0.1) is 17.5 Å². The molecule has 2 N–H and O–H groups in total. The molecule has 2 heterocycles. The summed E-state index contributed by atoms with van der Waals surface area (Å²) in [6, 6.07) is 6.37. The number of amides is 2. The van der Waals surface area contributed by atoms with Crippen molar-refractivity contribution < 1.29 is 22.8 Å². The van der Waals surface area contributed by atoms with Gasteiger partial charge in [-0.15, -0.1) is 0 Å². The zero-order chi connectivity index (χ0) is 21.3. The number of hydrogen-bond acceptors (Lipinski definition) is 3. The molecule has 2 amide bonds. The lowest BCUT2D eigenvalue weighted by molar-refractivity contribution is -0.118. The van der Waals surface area contributed by atoms with Crippen LogP contribution < -0.4 is 10.6 Å². The van der Waals surface area contributed by atoms with E-state index in [1.165, 1.54) is 24.5 Å². The van der Waals surface area contributed by atoms with Gasteiger partial charge in [0.05, 0.1) is 11.9 Å². The van der Waals surface area contributed by atoms with Crippen molar-refractivity contribution in [3.05, 3.63) is 82.9 Å². The number of hydrogen-bond donors (Lipinski definition) is 2. The SMILES string of the molecule is O=C1Nc2c(F)cc(F)cc2CCC1NC(=O)n1cc(Cc2cccc(F)c2)cn1. The number of fused-ring (bicyclic) bond motifs is 1. The van der Waals surface area contributed by atoms with Crippen LogP contribution in [0.3, 0.4) is 0 Å². The first kappa shape index (κ1) is 19.7. The second-order valence-corrected chi connectivity index (χ2v) is 7.05. The third-order valence-electron chi connectivity index (χ3n) is 4.84. The van der Waals surface area contributed by atoms with E-state index in [9.17, 15) is 22.8 Å². The lowest BCUT2D eigenvalue weighted by Crippen LogP contribution is -2.45. The number of anilines is 1. The molecule has 1 aliphatic heterocycles. The van der Waals surface area contributed by atoms with Crippen LogP contribution in [-0.4, -0.2) is 27.8 Å². The molecule has 6 nitrogen and oxygen atoms in total. The third kappa shape index (κ3) is 4.19. The molecule has 2 aromatic carbocycles. The van der Waals surface area contributed by atoms with E-state index in [1.54, 1.807) is 12.1 Å². The van der Waals surface area contributed by atoms with Gasteiger partial charge in [-0.3, -0.25) is 4.79 Å². The molecule has 0 saturated carbocycles. The Bertz CT molecular complexity index is 1130. The van der Waals surface area contributed by atoms with Crippen LogP contribution in [0.25, 0.3) is 0 Å². The van der Waals surface area contributed by atoms with Crippen molar-refractivity contribution in [2.24, 2.45) is 0 Å². The summed E-state index contributed by atoms with van der Waals surface area (Å²) in [4.78, 5) is 24.9. The predicted molar refractivity (Wildman–Crippen MR) is 102 cm³/mol. The van der Waals surface area contributed by atoms with Crippen molar-refractivity contribution in [3.63, 3.8) is 0 Å². The average molecular weight is 414 g/mol. The van der Waals surface area contributed by atoms with Crippen molar-refractivity contribution >= 4 is 17.6 Å². The quantitative estimate of drug-likeness (QED) is 0.690. The molecule has 30 heavy (non-hydrogen) atoms. The molecular weight excluding hydrogens is 397 g/mol. The number of nitrogens with one attached hydrogen (secondary N) is 2. The van der Waals surface area contributed by atoms with E-state index in [4.69, 9.17) is 0 Å². The van der Waals surface area contributed by atoms with Crippen molar-refractivity contribution in [1.82, 2.24) is 15.1 Å². The van der Waals surface area contributed by atoms with E-state index in [2.05, 4.69) is 15.7 Å². The topological polar surface area (TPSA) is 76.0 Å². The molecule has 0 saturated heterocycles. The normalized spacial score (nSPS) is 15.8. The molecule has 1 unspecified atom stereocenters. The van der Waals surface area contributed by atoms with Crippen molar-refractivity contribution in [2.75, 3.05) is 5.32 Å². The fraction of sp³-hybridized carbons (Fsp3) is 0.190. The first-order chi connectivity index (χ1) is 14.4. The minimum Gasteiger partial charge on any atom is -0.324 e. The van der Waals surface area contributed by atoms with Crippen LogP contribution >= 0.6 is 0 Å². The van der Waals surface area contributed by atoms with Crippen molar-refractivity contribution in [3.8, 4) is 0 Å². The van der Waals surface area contributed by atoms with E-state index in [0.29, 0.717) is 23.6 Å². The maximum atomic E-state index is 14.0. The van der Waals surface area contributed by atoms with Crippen molar-refractivity contribution in [2.45, 2.75) is 25.3 Å². The van der Waals surface area contributed by atoms with Gasteiger partial charge in [0.2, 0.25) is 5.91 Å². The van der Waals surface area contributed by atoms with Crippen LogP contribution in [0.15, 0.2) is 48.8 Å². The predicted octanol–water partition coefficient (Wildman–Crippen LogP) is 3.40. The van der Waals surface area contributed by atoms with Crippen LogP contribution in [0.4, 0.5) is 23.7 Å². The lowest BCUT2D eigenvalue weighted by Gasteiger charge is -2.15. The maximum absolute atomic E-state index is 14.0. The highest BCUT2D eigenvalue weighted by Gasteiger charge is 2.27. The van der Waals surface area contributed by atoms with Crippen LogP contribution in [-0.2, 0) is 17.6 Å². The molecule has 1 atom stereocenters. The van der Waals surface area contributed by atoms with E-state index in [1.807, 2.05) is 0 Å². The molecular formula is C21H17F3N4O2. The van der Waals surface area contributed by atoms with Gasteiger partial charge in [0.25, 0.3) is 0 Å². The standard InChI is InChI=1S/C21H17F3N4O2/c22-15-3-1-2-12(7-15)6-13-10-25-28(11-13)21(30)26-18-5-4-14-8-16(23)9-17(24)19(14)27-20(18)29/h1-3,7-11,18H,4-6H2,(H,26,30)(H,27,29). The number of carbonyl (C=O) groups is 2. The number of benzene rings is 2. The highest BCUT2D eigenvalue weighted by atomic mass is 19.1. The molecule has 3 aromatic rings. The minimum atomic E-state index is -0.941. The van der Waals surface area contributed by atoms with Gasteiger partial charge in [0, 0.05) is 18.7 Å². The number of aromatic nitrogens is 2. The lowest BCUT2D eigenvalue weighted by atomic mass is 10.1. The second kappa shape index (κ2) is 8.02. The van der Waals surface area contributed by atoms with Gasteiger partial charge < -0.3 is 10.6 Å². The molecule has 0 aliphatic carbocycles. The zero-order valence-electron chi connectivity index (χ0n) is 15.7. The third-order valence-corrected chi connectivity index (χ3v) is 4.84. The molecule has 154 valence electrons. The van der Waals surface area contributed by atoms with Crippen LogP contribution in [0.2, 0.25) is 0 Å². The molecule has 4 rings (SSSR count). The number of rotatable bonds is 3. The van der Waals surface area contributed by atoms with Gasteiger partial charge in [0.15, 0.2) is 0 Å². The minimum absolute atomic E-state index is 0.0744. The average Bonchev–Trinajstić information content (AvgIpc) is 3.09. The molecule has 1 aliphatic rings. The molecule has 0 radical (unpaired) electrons. The summed E-state index contributed by atoms with van der Waals surface area (Å²) in [5.74, 6) is -2.54. The molecule has 1 aromatic heterocycles. The Labute approximate surface area is 169 Å². The first-order valence-electron chi connectivity index (χ1n) is 9.26. The summed E-state index contributed by atoms with van der Waals surface area (Å²) in [5, 5.41) is 8.94. The molecule has 9 heteroatoms. The molecule has 0 fully saturated rings. The number of halogens is 3. The molecule has 0 bridgehead atoms. The summed E-state index contributed by atoms with van der Waals surface area (Å²) in [7, 11) is 0.